The van der Waals surface area contributed by atoms with Crippen LogP contribution in [0, 0.1) is 0 Å². The maximum atomic E-state index is 11.1. The van der Waals surface area contributed by atoms with Crippen molar-refractivity contribution < 1.29 is 23.7 Å². The number of rotatable bonds is 5. The molecule has 2 aliphatic heterocycles. The molecule has 2 heterocycles. The van der Waals surface area contributed by atoms with Gasteiger partial charge in [-0.25, -0.2) is 0 Å². The summed E-state index contributed by atoms with van der Waals surface area (Å²) in [5.74, 6) is 0.274. The SMILES string of the molecule is COC[C@]12C=C[C@](COC)(CC(OC(C)=O)=C1)O2. The van der Waals surface area contributed by atoms with E-state index in [2.05, 4.69) is 0 Å². The molecule has 0 spiro atoms. The Morgan fingerprint density at radius 3 is 2.67 bits per heavy atom. The number of hydrogen-bond acceptors (Lipinski definition) is 5. The van der Waals surface area contributed by atoms with E-state index in [1.807, 2.05) is 12.2 Å². The maximum absolute atomic E-state index is 11.1. The third kappa shape index (κ3) is 2.48. The van der Waals surface area contributed by atoms with Crippen molar-refractivity contribution in [2.75, 3.05) is 27.4 Å². The van der Waals surface area contributed by atoms with Crippen LogP contribution in [0.5, 0.6) is 0 Å². The smallest absolute Gasteiger partial charge is 0.307 e. The van der Waals surface area contributed by atoms with E-state index in [1.165, 1.54) is 6.92 Å². The second-order valence-corrected chi connectivity index (χ2v) is 4.70. The largest absolute Gasteiger partial charge is 0.431 e. The Kier molecular flexibility index (Phi) is 3.56. The van der Waals surface area contributed by atoms with Crippen LogP contribution >= 0.6 is 0 Å². The fourth-order valence-electron chi connectivity index (χ4n) is 2.50. The normalized spacial score (nSPS) is 33.4. The second kappa shape index (κ2) is 4.84. The Labute approximate surface area is 106 Å². The molecular formula is C13H18O5. The van der Waals surface area contributed by atoms with Crippen molar-refractivity contribution >= 4 is 5.97 Å². The standard InChI is InChI=1S/C13H18O5/c1-10(14)17-11-6-12(8-15-2)4-5-13(7-11,18-12)9-16-3/h4-6H,7-9H2,1-3H3/t12-,13+/m0/s1. The quantitative estimate of drug-likeness (QED) is 0.545. The number of esters is 1. The number of carbonyl (C=O) groups excluding carboxylic acids is 1. The molecule has 5 nitrogen and oxygen atoms in total. The first-order chi connectivity index (χ1) is 8.53. The number of methoxy groups -OCH3 is 2. The van der Waals surface area contributed by atoms with E-state index in [0.29, 0.717) is 25.4 Å². The van der Waals surface area contributed by atoms with Gasteiger partial charge in [0.15, 0.2) is 0 Å². The average Bonchev–Trinajstić information content (AvgIpc) is 2.51. The third-order valence-corrected chi connectivity index (χ3v) is 2.97. The topological polar surface area (TPSA) is 54.0 Å². The van der Waals surface area contributed by atoms with Crippen molar-refractivity contribution in [3.8, 4) is 0 Å². The first-order valence-electron chi connectivity index (χ1n) is 5.82. The van der Waals surface area contributed by atoms with Crippen molar-refractivity contribution in [2.24, 2.45) is 0 Å². The summed E-state index contributed by atoms with van der Waals surface area (Å²) in [5, 5.41) is 0. The summed E-state index contributed by atoms with van der Waals surface area (Å²) in [6.07, 6.45) is 6.19. The first kappa shape index (κ1) is 13.3. The minimum atomic E-state index is -0.656. The average molecular weight is 254 g/mol. The molecular weight excluding hydrogens is 236 g/mol. The summed E-state index contributed by atoms with van der Waals surface area (Å²) >= 11 is 0. The molecule has 2 aliphatic rings. The minimum Gasteiger partial charge on any atom is -0.431 e. The van der Waals surface area contributed by atoms with Gasteiger partial charge in [-0.05, 0) is 12.2 Å². The van der Waals surface area contributed by atoms with Gasteiger partial charge in [-0.1, -0.05) is 6.08 Å². The van der Waals surface area contributed by atoms with Crippen LogP contribution in [-0.4, -0.2) is 44.6 Å². The summed E-state index contributed by atoms with van der Waals surface area (Å²) in [4.78, 5) is 11.1. The van der Waals surface area contributed by atoms with E-state index in [1.54, 1.807) is 20.3 Å². The van der Waals surface area contributed by atoms with Crippen molar-refractivity contribution in [3.63, 3.8) is 0 Å². The summed E-state index contributed by atoms with van der Waals surface area (Å²) in [5.41, 5.74) is -1.22. The summed E-state index contributed by atoms with van der Waals surface area (Å²) in [6, 6.07) is 0. The molecule has 0 saturated heterocycles. The van der Waals surface area contributed by atoms with Crippen molar-refractivity contribution in [3.05, 3.63) is 24.0 Å². The fraction of sp³-hybridized carbons (Fsp3) is 0.615. The highest BCUT2D eigenvalue weighted by atomic mass is 16.6. The molecule has 0 saturated carbocycles. The molecule has 2 atom stereocenters. The van der Waals surface area contributed by atoms with Gasteiger partial charge in [-0.3, -0.25) is 4.79 Å². The molecule has 0 unspecified atom stereocenters. The predicted molar refractivity (Wildman–Crippen MR) is 63.9 cm³/mol. The number of fused-ring (bicyclic) bond motifs is 2. The van der Waals surface area contributed by atoms with Gasteiger partial charge < -0.3 is 18.9 Å². The molecule has 0 aromatic carbocycles. The van der Waals surface area contributed by atoms with E-state index in [0.717, 1.165) is 0 Å². The highest BCUT2D eigenvalue weighted by Crippen LogP contribution is 2.42. The number of ether oxygens (including phenoxy) is 4. The summed E-state index contributed by atoms with van der Waals surface area (Å²) in [7, 11) is 3.22. The van der Waals surface area contributed by atoms with Gasteiger partial charge in [0, 0.05) is 27.6 Å². The van der Waals surface area contributed by atoms with E-state index in [-0.39, 0.29) is 5.97 Å². The van der Waals surface area contributed by atoms with E-state index in [4.69, 9.17) is 18.9 Å². The Morgan fingerprint density at radius 2 is 2.06 bits per heavy atom. The van der Waals surface area contributed by atoms with Crippen LogP contribution in [0.25, 0.3) is 0 Å². The molecule has 0 radical (unpaired) electrons. The molecule has 0 fully saturated rings. The van der Waals surface area contributed by atoms with Gasteiger partial charge in [0.25, 0.3) is 0 Å². The number of hydrogen-bond donors (Lipinski definition) is 0. The van der Waals surface area contributed by atoms with Crippen LogP contribution in [-0.2, 0) is 23.7 Å². The molecule has 5 heteroatoms. The second-order valence-electron chi connectivity index (χ2n) is 4.70. The first-order valence-corrected chi connectivity index (χ1v) is 5.82. The minimum absolute atomic E-state index is 0.331. The molecule has 0 aromatic rings. The van der Waals surface area contributed by atoms with Gasteiger partial charge in [-0.15, -0.1) is 0 Å². The van der Waals surface area contributed by atoms with Gasteiger partial charge in [0.2, 0.25) is 0 Å². The van der Waals surface area contributed by atoms with E-state index < -0.39 is 11.2 Å². The van der Waals surface area contributed by atoms with Crippen LogP contribution in [0.4, 0.5) is 0 Å². The molecule has 0 aliphatic carbocycles. The molecule has 0 aromatic heterocycles. The molecule has 0 N–H and O–H groups in total. The van der Waals surface area contributed by atoms with Crippen LogP contribution < -0.4 is 0 Å². The van der Waals surface area contributed by atoms with Crippen molar-refractivity contribution in [1.29, 1.82) is 0 Å². The zero-order valence-corrected chi connectivity index (χ0v) is 10.9. The monoisotopic (exact) mass is 254 g/mol. The van der Waals surface area contributed by atoms with Crippen LogP contribution in [0.2, 0.25) is 0 Å². The lowest BCUT2D eigenvalue weighted by atomic mass is 9.97. The van der Waals surface area contributed by atoms with Gasteiger partial charge in [-0.2, -0.15) is 0 Å². The predicted octanol–water partition coefficient (Wildman–Crippen LogP) is 1.19. The molecule has 2 rings (SSSR count). The van der Waals surface area contributed by atoms with Gasteiger partial charge in [0.05, 0.1) is 13.2 Å². The van der Waals surface area contributed by atoms with Crippen LogP contribution in [0.15, 0.2) is 24.0 Å². The van der Waals surface area contributed by atoms with Crippen molar-refractivity contribution in [1.82, 2.24) is 0 Å². The molecule has 0 amide bonds. The molecule has 18 heavy (non-hydrogen) atoms. The highest BCUT2D eigenvalue weighted by Gasteiger charge is 2.49. The number of carbonyl (C=O) groups is 1. The Bertz CT molecular complexity index is 400. The van der Waals surface area contributed by atoms with Crippen LogP contribution in [0.1, 0.15) is 13.3 Å². The zero-order valence-electron chi connectivity index (χ0n) is 10.9. The zero-order chi connectivity index (χ0) is 13.2. The highest BCUT2D eigenvalue weighted by molar-refractivity contribution is 5.67. The Hall–Kier alpha value is -1.17. The lowest BCUT2D eigenvalue weighted by Gasteiger charge is -2.37. The Morgan fingerprint density at radius 1 is 1.33 bits per heavy atom. The molecule has 2 bridgehead atoms. The summed E-state index contributed by atoms with van der Waals surface area (Å²) < 4.78 is 21.6. The lowest BCUT2D eigenvalue weighted by Crippen LogP contribution is -2.45. The fourth-order valence-corrected chi connectivity index (χ4v) is 2.50. The third-order valence-electron chi connectivity index (χ3n) is 2.97. The lowest BCUT2D eigenvalue weighted by molar-refractivity contribution is -0.147. The van der Waals surface area contributed by atoms with E-state index in [9.17, 15) is 4.79 Å². The van der Waals surface area contributed by atoms with Gasteiger partial charge in [0.1, 0.15) is 17.0 Å². The Balaban J connectivity index is 2.25. The summed E-state index contributed by atoms with van der Waals surface area (Å²) in [6.45, 7) is 2.17. The maximum Gasteiger partial charge on any atom is 0.307 e. The van der Waals surface area contributed by atoms with Crippen molar-refractivity contribution in [2.45, 2.75) is 24.5 Å². The van der Waals surface area contributed by atoms with E-state index >= 15 is 0 Å². The molecule has 100 valence electrons. The van der Waals surface area contributed by atoms with Crippen LogP contribution in [0.3, 0.4) is 0 Å². The van der Waals surface area contributed by atoms with Gasteiger partial charge >= 0.3 is 5.97 Å².